The van der Waals surface area contributed by atoms with Crippen molar-refractivity contribution < 1.29 is 0 Å². The van der Waals surface area contributed by atoms with Crippen LogP contribution in [0.4, 0.5) is 5.69 Å². The molecule has 94 valence electrons. The van der Waals surface area contributed by atoms with E-state index >= 15 is 0 Å². The number of nitrogens with two attached hydrogens (primary N) is 1. The minimum Gasteiger partial charge on any atom is -0.315 e. The van der Waals surface area contributed by atoms with Crippen molar-refractivity contribution in [1.82, 2.24) is 5.43 Å². The SMILES string of the molecule is Cc1cc(C)cc(N(C)C(=NC(C)C)NN)c1. The molecule has 0 atom stereocenters. The van der Waals surface area contributed by atoms with E-state index in [4.69, 9.17) is 5.84 Å². The third-order valence-corrected chi connectivity index (χ3v) is 2.42. The van der Waals surface area contributed by atoms with Gasteiger partial charge in [0.15, 0.2) is 0 Å². The van der Waals surface area contributed by atoms with Crippen LogP contribution in [0.5, 0.6) is 0 Å². The number of hydrogen-bond donors (Lipinski definition) is 2. The summed E-state index contributed by atoms with van der Waals surface area (Å²) in [4.78, 5) is 6.40. The number of hydrogen-bond acceptors (Lipinski definition) is 2. The van der Waals surface area contributed by atoms with Gasteiger partial charge in [-0.05, 0) is 51.0 Å². The predicted octanol–water partition coefficient (Wildman–Crippen LogP) is 1.97. The number of anilines is 1. The molecule has 0 aliphatic heterocycles. The summed E-state index contributed by atoms with van der Waals surface area (Å²) in [7, 11) is 1.95. The van der Waals surface area contributed by atoms with Crippen molar-refractivity contribution in [2.24, 2.45) is 10.8 Å². The van der Waals surface area contributed by atoms with Crippen molar-refractivity contribution in [3.05, 3.63) is 29.3 Å². The molecule has 3 N–H and O–H groups in total. The predicted molar refractivity (Wildman–Crippen MR) is 74.2 cm³/mol. The Labute approximate surface area is 104 Å². The highest BCUT2D eigenvalue weighted by atomic mass is 15.4. The molecule has 0 unspecified atom stereocenters. The number of nitrogens with zero attached hydrogens (tertiary/aromatic N) is 2. The van der Waals surface area contributed by atoms with E-state index in [1.165, 1.54) is 11.1 Å². The molecule has 0 heterocycles. The summed E-state index contributed by atoms with van der Waals surface area (Å²) in [5.41, 5.74) is 6.19. The van der Waals surface area contributed by atoms with Crippen LogP contribution in [0, 0.1) is 13.8 Å². The van der Waals surface area contributed by atoms with Crippen LogP contribution in [0.15, 0.2) is 23.2 Å². The van der Waals surface area contributed by atoms with Crippen LogP contribution in [0.1, 0.15) is 25.0 Å². The Balaban J connectivity index is 3.05. The highest BCUT2D eigenvalue weighted by Crippen LogP contribution is 2.17. The summed E-state index contributed by atoms with van der Waals surface area (Å²) in [6, 6.07) is 6.57. The molecule has 0 fully saturated rings. The smallest absolute Gasteiger partial charge is 0.212 e. The Morgan fingerprint density at radius 3 is 2.18 bits per heavy atom. The van der Waals surface area contributed by atoms with Crippen LogP contribution in [-0.2, 0) is 0 Å². The summed E-state index contributed by atoms with van der Waals surface area (Å²) in [6.07, 6.45) is 0. The largest absolute Gasteiger partial charge is 0.315 e. The first-order valence-corrected chi connectivity index (χ1v) is 5.80. The van der Waals surface area contributed by atoms with E-state index in [1.54, 1.807) is 0 Å². The second-order valence-electron chi connectivity index (χ2n) is 4.60. The first-order chi connectivity index (χ1) is 7.93. The lowest BCUT2D eigenvalue weighted by atomic mass is 10.1. The van der Waals surface area contributed by atoms with E-state index in [0.29, 0.717) is 5.96 Å². The monoisotopic (exact) mass is 234 g/mol. The lowest BCUT2D eigenvalue weighted by Crippen LogP contribution is -2.43. The molecule has 0 saturated carbocycles. The van der Waals surface area contributed by atoms with Crippen LogP contribution in [-0.4, -0.2) is 19.0 Å². The van der Waals surface area contributed by atoms with Crippen LogP contribution >= 0.6 is 0 Å². The molecule has 4 nitrogen and oxygen atoms in total. The Morgan fingerprint density at radius 1 is 1.24 bits per heavy atom. The van der Waals surface area contributed by atoms with E-state index in [-0.39, 0.29) is 6.04 Å². The molecule has 0 aliphatic rings. The maximum atomic E-state index is 5.51. The van der Waals surface area contributed by atoms with E-state index in [1.807, 2.05) is 25.8 Å². The Hall–Kier alpha value is -1.55. The second kappa shape index (κ2) is 5.68. The molecular formula is C13H22N4. The van der Waals surface area contributed by atoms with Crippen LogP contribution in [0.2, 0.25) is 0 Å². The molecule has 17 heavy (non-hydrogen) atoms. The fourth-order valence-electron chi connectivity index (χ4n) is 1.73. The minimum atomic E-state index is 0.203. The van der Waals surface area contributed by atoms with Gasteiger partial charge in [0, 0.05) is 18.8 Å². The fraction of sp³-hybridized carbons (Fsp3) is 0.462. The number of benzene rings is 1. The third kappa shape index (κ3) is 3.75. The van der Waals surface area contributed by atoms with Crippen molar-refractivity contribution in [2.75, 3.05) is 11.9 Å². The quantitative estimate of drug-likeness (QED) is 0.356. The number of hydrazine groups is 1. The lowest BCUT2D eigenvalue weighted by molar-refractivity contribution is 0.809. The molecule has 0 saturated heterocycles. The average molecular weight is 234 g/mol. The van der Waals surface area contributed by atoms with E-state index < -0.39 is 0 Å². The molecule has 0 aliphatic carbocycles. The Kier molecular flexibility index (Phi) is 4.52. The van der Waals surface area contributed by atoms with Gasteiger partial charge in [-0.25, -0.2) is 10.8 Å². The van der Waals surface area contributed by atoms with Crippen molar-refractivity contribution in [3.8, 4) is 0 Å². The van der Waals surface area contributed by atoms with Gasteiger partial charge in [0.1, 0.15) is 0 Å². The van der Waals surface area contributed by atoms with Gasteiger partial charge in [0.2, 0.25) is 5.96 Å². The lowest BCUT2D eigenvalue weighted by Gasteiger charge is -2.22. The van der Waals surface area contributed by atoms with Gasteiger partial charge >= 0.3 is 0 Å². The standard InChI is InChI=1S/C13H22N4/c1-9(2)15-13(16-14)17(5)12-7-10(3)6-11(4)8-12/h6-9H,14H2,1-5H3,(H,15,16). The average Bonchev–Trinajstić information content (AvgIpc) is 2.23. The summed E-state index contributed by atoms with van der Waals surface area (Å²) in [5.74, 6) is 6.18. The summed E-state index contributed by atoms with van der Waals surface area (Å²) < 4.78 is 0. The first-order valence-electron chi connectivity index (χ1n) is 5.80. The van der Waals surface area contributed by atoms with Gasteiger partial charge in [-0.15, -0.1) is 0 Å². The van der Waals surface area contributed by atoms with E-state index in [0.717, 1.165) is 5.69 Å². The van der Waals surface area contributed by atoms with E-state index in [2.05, 4.69) is 42.5 Å². The van der Waals surface area contributed by atoms with Crippen LogP contribution in [0.25, 0.3) is 0 Å². The molecule has 0 bridgehead atoms. The molecule has 0 spiro atoms. The number of guanidine groups is 1. The number of rotatable bonds is 2. The highest BCUT2D eigenvalue weighted by molar-refractivity contribution is 5.95. The van der Waals surface area contributed by atoms with Crippen LogP contribution < -0.4 is 16.2 Å². The third-order valence-electron chi connectivity index (χ3n) is 2.42. The Morgan fingerprint density at radius 2 is 1.76 bits per heavy atom. The first kappa shape index (κ1) is 13.5. The molecule has 0 amide bonds. The fourth-order valence-corrected chi connectivity index (χ4v) is 1.73. The minimum absolute atomic E-state index is 0.203. The number of aliphatic imine (C=N–C) groups is 1. The maximum absolute atomic E-state index is 5.51. The summed E-state index contributed by atoms with van der Waals surface area (Å²) >= 11 is 0. The van der Waals surface area contributed by atoms with Crippen LogP contribution in [0.3, 0.4) is 0 Å². The zero-order chi connectivity index (χ0) is 13.0. The van der Waals surface area contributed by atoms with Crippen molar-refractivity contribution >= 4 is 11.6 Å². The molecule has 0 aromatic heterocycles. The van der Waals surface area contributed by atoms with Gasteiger partial charge in [-0.3, -0.25) is 5.43 Å². The summed E-state index contributed by atoms with van der Waals surface area (Å²) in [5, 5.41) is 0. The van der Waals surface area contributed by atoms with Crippen molar-refractivity contribution in [3.63, 3.8) is 0 Å². The maximum Gasteiger partial charge on any atom is 0.212 e. The number of aryl methyl sites for hydroxylation is 2. The second-order valence-corrected chi connectivity index (χ2v) is 4.60. The molecular weight excluding hydrogens is 212 g/mol. The van der Waals surface area contributed by atoms with Crippen molar-refractivity contribution in [1.29, 1.82) is 0 Å². The van der Waals surface area contributed by atoms with E-state index in [9.17, 15) is 0 Å². The zero-order valence-electron chi connectivity index (χ0n) is 11.3. The molecule has 1 aromatic rings. The van der Waals surface area contributed by atoms with Crippen molar-refractivity contribution in [2.45, 2.75) is 33.7 Å². The Bertz CT molecular complexity index is 390. The highest BCUT2D eigenvalue weighted by Gasteiger charge is 2.08. The van der Waals surface area contributed by atoms with Gasteiger partial charge in [-0.1, -0.05) is 6.07 Å². The normalized spacial score (nSPS) is 11.8. The van der Waals surface area contributed by atoms with Gasteiger partial charge < -0.3 is 4.90 Å². The van der Waals surface area contributed by atoms with Gasteiger partial charge in [0.25, 0.3) is 0 Å². The zero-order valence-corrected chi connectivity index (χ0v) is 11.3. The molecule has 1 aromatic carbocycles. The van der Waals surface area contributed by atoms with Gasteiger partial charge in [-0.2, -0.15) is 0 Å². The van der Waals surface area contributed by atoms with Gasteiger partial charge in [0.05, 0.1) is 0 Å². The number of nitrogens with one attached hydrogen (secondary N) is 1. The molecule has 1 rings (SSSR count). The summed E-state index contributed by atoms with van der Waals surface area (Å²) in [6.45, 7) is 8.21. The topological polar surface area (TPSA) is 53.6 Å². The molecule has 0 radical (unpaired) electrons. The molecule has 4 heteroatoms.